The molecule has 0 amide bonds. The third kappa shape index (κ3) is 1.93. The summed E-state index contributed by atoms with van der Waals surface area (Å²) in [7, 11) is 0. The quantitative estimate of drug-likeness (QED) is 0.912. The van der Waals surface area contributed by atoms with Crippen LogP contribution in [0.2, 0.25) is 0 Å². The van der Waals surface area contributed by atoms with E-state index in [1.54, 1.807) is 0 Å². The molecule has 0 unspecified atom stereocenters. The van der Waals surface area contributed by atoms with Crippen LogP contribution in [0.3, 0.4) is 0 Å². The Hall–Kier alpha value is -0.740. The van der Waals surface area contributed by atoms with Crippen LogP contribution in [-0.2, 0) is 6.42 Å². The van der Waals surface area contributed by atoms with E-state index < -0.39 is 5.79 Å². The van der Waals surface area contributed by atoms with E-state index in [-0.39, 0.29) is 6.61 Å². The number of hydrogen-bond donors (Lipinski definition) is 1. The highest BCUT2D eigenvalue weighted by molar-refractivity contribution is 9.10. The molecule has 0 radical (unpaired) electrons. The Morgan fingerprint density at radius 2 is 1.82 bits per heavy atom. The minimum Gasteiger partial charge on any atom is -0.448 e. The van der Waals surface area contributed by atoms with Crippen LogP contribution in [0.5, 0.6) is 11.5 Å². The van der Waals surface area contributed by atoms with Gasteiger partial charge in [0.05, 0.1) is 0 Å². The van der Waals surface area contributed by atoms with Crippen LogP contribution >= 0.6 is 15.9 Å². The lowest BCUT2D eigenvalue weighted by atomic mass is 10.1. The zero-order valence-electron chi connectivity index (χ0n) is 9.54. The van der Waals surface area contributed by atoms with E-state index in [9.17, 15) is 0 Å². The molecule has 1 spiro atoms. The van der Waals surface area contributed by atoms with Gasteiger partial charge in [-0.2, -0.15) is 0 Å². The molecule has 1 aromatic carbocycles. The van der Waals surface area contributed by atoms with Gasteiger partial charge in [0.25, 0.3) is 5.79 Å². The molecule has 1 aromatic rings. The Balaban J connectivity index is 1.92. The van der Waals surface area contributed by atoms with Crippen molar-refractivity contribution in [1.82, 2.24) is 0 Å². The zero-order valence-corrected chi connectivity index (χ0v) is 11.1. The van der Waals surface area contributed by atoms with Crippen LogP contribution in [-0.4, -0.2) is 17.5 Å². The van der Waals surface area contributed by atoms with Crippen molar-refractivity contribution in [2.75, 3.05) is 6.61 Å². The van der Waals surface area contributed by atoms with Gasteiger partial charge in [-0.15, -0.1) is 0 Å². The average molecular weight is 299 g/mol. The van der Waals surface area contributed by atoms with Crippen molar-refractivity contribution in [1.29, 1.82) is 0 Å². The number of halogens is 1. The average Bonchev–Trinajstić information content (AvgIpc) is 2.87. The van der Waals surface area contributed by atoms with Gasteiger partial charge in [0, 0.05) is 23.9 Å². The highest BCUT2D eigenvalue weighted by atomic mass is 79.9. The molecule has 17 heavy (non-hydrogen) atoms. The number of rotatable bonds is 2. The van der Waals surface area contributed by atoms with Crippen LogP contribution in [0.25, 0.3) is 0 Å². The maximum Gasteiger partial charge on any atom is 0.251 e. The summed E-state index contributed by atoms with van der Waals surface area (Å²) < 4.78 is 12.9. The lowest BCUT2D eigenvalue weighted by Crippen LogP contribution is -2.34. The van der Waals surface area contributed by atoms with E-state index >= 15 is 0 Å². The number of hydrogen-bond acceptors (Lipinski definition) is 3. The maximum absolute atomic E-state index is 9.00. The van der Waals surface area contributed by atoms with Crippen molar-refractivity contribution in [3.05, 3.63) is 22.2 Å². The van der Waals surface area contributed by atoms with Gasteiger partial charge in [-0.3, -0.25) is 0 Å². The molecule has 0 saturated heterocycles. The maximum atomic E-state index is 9.00. The largest absolute Gasteiger partial charge is 0.448 e. The van der Waals surface area contributed by atoms with Crippen LogP contribution < -0.4 is 9.47 Å². The van der Waals surface area contributed by atoms with Gasteiger partial charge < -0.3 is 14.6 Å². The standard InChI is InChI=1S/C13H15BrO3/c14-10-8-12-11(7-9(10)3-6-15)16-13(17-12)4-1-2-5-13/h7-8,15H,1-6H2. The van der Waals surface area contributed by atoms with Gasteiger partial charge >= 0.3 is 0 Å². The van der Waals surface area contributed by atoms with Crippen molar-refractivity contribution in [2.24, 2.45) is 0 Å². The fourth-order valence-corrected chi connectivity index (χ4v) is 3.11. The van der Waals surface area contributed by atoms with E-state index in [4.69, 9.17) is 14.6 Å². The van der Waals surface area contributed by atoms with E-state index in [0.717, 1.165) is 34.4 Å². The molecule has 3 rings (SSSR count). The molecule has 0 bridgehead atoms. The molecule has 2 aliphatic rings. The summed E-state index contributed by atoms with van der Waals surface area (Å²) >= 11 is 3.50. The summed E-state index contributed by atoms with van der Waals surface area (Å²) in [6.45, 7) is 0.142. The summed E-state index contributed by atoms with van der Waals surface area (Å²) in [6, 6.07) is 3.93. The van der Waals surface area contributed by atoms with Crippen molar-refractivity contribution in [3.63, 3.8) is 0 Å². The molecule has 1 saturated carbocycles. The first-order chi connectivity index (χ1) is 8.22. The normalized spacial score (nSPS) is 20.1. The lowest BCUT2D eigenvalue weighted by Gasteiger charge is -2.21. The molecule has 0 aromatic heterocycles. The minimum absolute atomic E-state index is 0.142. The monoisotopic (exact) mass is 298 g/mol. The van der Waals surface area contributed by atoms with Gasteiger partial charge in [0.1, 0.15) is 0 Å². The molecule has 1 aliphatic heterocycles. The van der Waals surface area contributed by atoms with E-state index in [1.165, 1.54) is 12.8 Å². The fraction of sp³-hybridized carbons (Fsp3) is 0.538. The minimum atomic E-state index is -0.403. The second kappa shape index (κ2) is 4.18. The fourth-order valence-electron chi connectivity index (χ4n) is 2.59. The first kappa shape index (κ1) is 11.4. The number of fused-ring (bicyclic) bond motifs is 1. The Kier molecular flexibility index (Phi) is 2.79. The summed E-state index contributed by atoms with van der Waals surface area (Å²) in [5.74, 6) is 1.23. The van der Waals surface area contributed by atoms with E-state index in [1.807, 2.05) is 12.1 Å². The summed E-state index contributed by atoms with van der Waals surface area (Å²) in [5.41, 5.74) is 1.06. The smallest absolute Gasteiger partial charge is 0.251 e. The molecular formula is C13H15BrO3. The van der Waals surface area contributed by atoms with Gasteiger partial charge in [-0.05, 0) is 37.0 Å². The van der Waals surface area contributed by atoms with Crippen molar-refractivity contribution in [2.45, 2.75) is 37.9 Å². The van der Waals surface area contributed by atoms with Crippen molar-refractivity contribution < 1.29 is 14.6 Å². The molecular weight excluding hydrogens is 284 g/mol. The van der Waals surface area contributed by atoms with Crippen molar-refractivity contribution >= 4 is 15.9 Å². The van der Waals surface area contributed by atoms with E-state index in [0.29, 0.717) is 6.42 Å². The van der Waals surface area contributed by atoms with Crippen LogP contribution in [0.15, 0.2) is 16.6 Å². The van der Waals surface area contributed by atoms with Gasteiger partial charge in [0.2, 0.25) is 0 Å². The van der Waals surface area contributed by atoms with Gasteiger partial charge in [-0.25, -0.2) is 0 Å². The number of aliphatic hydroxyl groups is 1. The second-order valence-electron chi connectivity index (χ2n) is 4.69. The SMILES string of the molecule is OCCc1cc2c(cc1Br)OC1(CCCC1)O2. The van der Waals surface area contributed by atoms with E-state index in [2.05, 4.69) is 15.9 Å². The second-order valence-corrected chi connectivity index (χ2v) is 5.54. The third-order valence-electron chi connectivity index (χ3n) is 3.45. The molecule has 1 fully saturated rings. The molecule has 1 heterocycles. The topological polar surface area (TPSA) is 38.7 Å². The predicted octanol–water partition coefficient (Wildman–Crippen LogP) is 3.03. The number of aliphatic hydroxyl groups excluding tert-OH is 1. The molecule has 92 valence electrons. The highest BCUT2D eigenvalue weighted by Crippen LogP contribution is 2.48. The molecule has 1 N–H and O–H groups in total. The third-order valence-corrected chi connectivity index (χ3v) is 4.19. The molecule has 0 atom stereocenters. The molecule has 1 aliphatic carbocycles. The van der Waals surface area contributed by atoms with Crippen LogP contribution in [0.1, 0.15) is 31.2 Å². The number of ether oxygens (including phenoxy) is 2. The highest BCUT2D eigenvalue weighted by Gasteiger charge is 2.44. The summed E-state index contributed by atoms with van der Waals surface area (Å²) in [6.07, 6.45) is 4.89. The zero-order chi connectivity index (χ0) is 11.9. The molecule has 3 nitrogen and oxygen atoms in total. The van der Waals surface area contributed by atoms with Gasteiger partial charge in [0.15, 0.2) is 11.5 Å². The summed E-state index contributed by atoms with van der Waals surface area (Å²) in [4.78, 5) is 0. The first-order valence-electron chi connectivity index (χ1n) is 6.04. The lowest BCUT2D eigenvalue weighted by molar-refractivity contribution is -0.0716. The van der Waals surface area contributed by atoms with Crippen LogP contribution in [0, 0.1) is 0 Å². The van der Waals surface area contributed by atoms with Gasteiger partial charge in [-0.1, -0.05) is 15.9 Å². The van der Waals surface area contributed by atoms with Crippen LogP contribution in [0.4, 0.5) is 0 Å². The predicted molar refractivity (Wildman–Crippen MR) is 67.4 cm³/mol. The molecule has 4 heteroatoms. The number of benzene rings is 1. The Bertz CT molecular complexity index is 439. The van der Waals surface area contributed by atoms with Crippen molar-refractivity contribution in [3.8, 4) is 11.5 Å². The Labute approximate surface area is 109 Å². The Morgan fingerprint density at radius 3 is 2.47 bits per heavy atom. The Morgan fingerprint density at radius 1 is 1.18 bits per heavy atom. The first-order valence-corrected chi connectivity index (χ1v) is 6.83. The summed E-state index contributed by atoms with van der Waals surface area (Å²) in [5, 5.41) is 9.00.